The maximum atomic E-state index is 12.4. The SMILES string of the molecule is CNC(C1CCOC2(CCOC2)C1)C1CCCCS1(=O)=O. The van der Waals surface area contributed by atoms with Crippen molar-refractivity contribution < 1.29 is 17.9 Å². The molecule has 4 unspecified atom stereocenters. The van der Waals surface area contributed by atoms with E-state index in [1.165, 1.54) is 0 Å². The van der Waals surface area contributed by atoms with Crippen LogP contribution in [0.3, 0.4) is 0 Å². The molecular weight excluding hydrogens is 290 g/mol. The van der Waals surface area contributed by atoms with Crippen LogP contribution < -0.4 is 5.32 Å². The van der Waals surface area contributed by atoms with Crippen molar-refractivity contribution >= 4 is 9.84 Å². The third-order valence-electron chi connectivity index (χ3n) is 5.47. The molecule has 3 aliphatic rings. The third kappa shape index (κ3) is 3.14. The summed E-state index contributed by atoms with van der Waals surface area (Å²) in [5.74, 6) is 0.719. The normalized spacial score (nSPS) is 41.2. The number of rotatable bonds is 3. The summed E-state index contributed by atoms with van der Waals surface area (Å²) in [5.41, 5.74) is -0.156. The lowest BCUT2D eigenvalue weighted by atomic mass is 9.79. The molecule has 3 aliphatic heterocycles. The lowest BCUT2D eigenvalue weighted by molar-refractivity contribution is -0.103. The summed E-state index contributed by atoms with van der Waals surface area (Å²) < 4.78 is 36.4. The molecule has 3 fully saturated rings. The van der Waals surface area contributed by atoms with Crippen molar-refractivity contribution in [2.75, 3.05) is 32.6 Å². The van der Waals surface area contributed by atoms with Crippen molar-refractivity contribution in [2.45, 2.75) is 55.4 Å². The van der Waals surface area contributed by atoms with Gasteiger partial charge in [-0.3, -0.25) is 0 Å². The van der Waals surface area contributed by atoms with E-state index in [0.29, 0.717) is 18.3 Å². The van der Waals surface area contributed by atoms with Crippen LogP contribution in [0, 0.1) is 5.92 Å². The topological polar surface area (TPSA) is 64.6 Å². The van der Waals surface area contributed by atoms with E-state index >= 15 is 0 Å². The van der Waals surface area contributed by atoms with Crippen LogP contribution >= 0.6 is 0 Å². The van der Waals surface area contributed by atoms with Crippen molar-refractivity contribution in [3.05, 3.63) is 0 Å². The average Bonchev–Trinajstić information content (AvgIpc) is 2.89. The molecule has 1 N–H and O–H groups in total. The molecule has 3 heterocycles. The lowest BCUT2D eigenvalue weighted by Gasteiger charge is -2.43. The summed E-state index contributed by atoms with van der Waals surface area (Å²) in [5, 5.41) is 3.10. The van der Waals surface area contributed by atoms with Gasteiger partial charge in [0.1, 0.15) is 0 Å². The van der Waals surface area contributed by atoms with Crippen LogP contribution in [0.4, 0.5) is 0 Å². The molecule has 5 nitrogen and oxygen atoms in total. The molecule has 0 saturated carbocycles. The Balaban J connectivity index is 1.76. The van der Waals surface area contributed by atoms with E-state index < -0.39 is 9.84 Å². The summed E-state index contributed by atoms with van der Waals surface area (Å²) in [4.78, 5) is 0. The Bertz CT molecular complexity index is 458. The van der Waals surface area contributed by atoms with Crippen molar-refractivity contribution in [3.8, 4) is 0 Å². The Kier molecular flexibility index (Phi) is 4.60. The molecule has 0 amide bonds. The van der Waals surface area contributed by atoms with Gasteiger partial charge in [-0.15, -0.1) is 0 Å². The van der Waals surface area contributed by atoms with Gasteiger partial charge in [-0.1, -0.05) is 6.42 Å². The zero-order chi connectivity index (χ0) is 14.9. The Morgan fingerprint density at radius 3 is 2.76 bits per heavy atom. The first kappa shape index (κ1) is 15.7. The fourth-order valence-corrected chi connectivity index (χ4v) is 6.58. The van der Waals surface area contributed by atoms with Crippen LogP contribution in [0.25, 0.3) is 0 Å². The second-order valence-corrected chi connectivity index (χ2v) is 9.14. The van der Waals surface area contributed by atoms with Crippen LogP contribution in [-0.2, 0) is 19.3 Å². The Morgan fingerprint density at radius 1 is 1.24 bits per heavy atom. The summed E-state index contributed by atoms with van der Waals surface area (Å²) >= 11 is 0. The van der Waals surface area contributed by atoms with E-state index in [1.807, 2.05) is 7.05 Å². The monoisotopic (exact) mass is 317 g/mol. The van der Waals surface area contributed by atoms with Crippen molar-refractivity contribution in [1.29, 1.82) is 0 Å². The van der Waals surface area contributed by atoms with Gasteiger partial charge < -0.3 is 14.8 Å². The van der Waals surface area contributed by atoms with Crippen LogP contribution in [0.2, 0.25) is 0 Å². The van der Waals surface area contributed by atoms with Crippen LogP contribution in [0.5, 0.6) is 0 Å². The maximum absolute atomic E-state index is 12.4. The summed E-state index contributed by atoms with van der Waals surface area (Å²) in [6, 6.07) is 0.0525. The van der Waals surface area contributed by atoms with E-state index in [9.17, 15) is 8.42 Å². The van der Waals surface area contributed by atoms with Gasteiger partial charge in [0, 0.05) is 25.7 Å². The zero-order valence-electron chi connectivity index (χ0n) is 12.8. The molecule has 0 radical (unpaired) electrons. The fourth-order valence-electron chi connectivity index (χ4n) is 4.34. The highest BCUT2D eigenvalue weighted by Crippen LogP contribution is 2.39. The maximum Gasteiger partial charge on any atom is 0.154 e. The van der Waals surface area contributed by atoms with E-state index in [2.05, 4.69) is 5.32 Å². The smallest absolute Gasteiger partial charge is 0.154 e. The Labute approximate surface area is 127 Å². The van der Waals surface area contributed by atoms with Gasteiger partial charge in [-0.2, -0.15) is 0 Å². The first-order valence-electron chi connectivity index (χ1n) is 8.17. The molecule has 6 heteroatoms. The molecule has 122 valence electrons. The molecular formula is C15H27NO4S. The molecule has 4 atom stereocenters. The minimum atomic E-state index is -2.95. The van der Waals surface area contributed by atoms with Crippen molar-refractivity contribution in [2.24, 2.45) is 5.92 Å². The number of hydrogen-bond donors (Lipinski definition) is 1. The predicted octanol–water partition coefficient (Wildman–Crippen LogP) is 1.13. The van der Waals surface area contributed by atoms with E-state index in [1.54, 1.807) is 0 Å². The largest absolute Gasteiger partial charge is 0.378 e. The van der Waals surface area contributed by atoms with Crippen LogP contribution in [0.15, 0.2) is 0 Å². The number of sulfone groups is 1. The minimum absolute atomic E-state index is 0.0525. The molecule has 0 aliphatic carbocycles. The molecule has 1 spiro atoms. The first-order valence-corrected chi connectivity index (χ1v) is 9.88. The summed E-state index contributed by atoms with van der Waals surface area (Å²) in [7, 11) is -1.05. The summed E-state index contributed by atoms with van der Waals surface area (Å²) in [6.45, 7) is 2.15. The van der Waals surface area contributed by atoms with Gasteiger partial charge in [0.05, 0.1) is 23.2 Å². The predicted molar refractivity (Wildman–Crippen MR) is 81.1 cm³/mol. The van der Waals surface area contributed by atoms with Gasteiger partial charge in [0.2, 0.25) is 0 Å². The zero-order valence-corrected chi connectivity index (χ0v) is 13.7. The highest BCUT2D eigenvalue weighted by molar-refractivity contribution is 7.92. The average molecular weight is 317 g/mol. The highest BCUT2D eigenvalue weighted by atomic mass is 32.2. The van der Waals surface area contributed by atoms with Crippen LogP contribution in [-0.4, -0.2) is 57.9 Å². The Morgan fingerprint density at radius 2 is 2.10 bits per heavy atom. The molecule has 3 saturated heterocycles. The first-order chi connectivity index (χ1) is 10.1. The molecule has 0 aromatic heterocycles. The molecule has 21 heavy (non-hydrogen) atoms. The van der Waals surface area contributed by atoms with Crippen molar-refractivity contribution in [1.82, 2.24) is 5.32 Å². The summed E-state index contributed by atoms with van der Waals surface area (Å²) in [6.07, 6.45) is 5.45. The van der Waals surface area contributed by atoms with E-state index in [-0.39, 0.29) is 16.9 Å². The van der Waals surface area contributed by atoms with E-state index in [4.69, 9.17) is 9.47 Å². The van der Waals surface area contributed by atoms with Gasteiger partial charge in [-0.05, 0) is 38.6 Å². The second-order valence-electron chi connectivity index (χ2n) is 6.80. The standard InChI is InChI=1S/C15H27NO4S/c1-16-14(13-4-2-3-9-21(13,17)18)12-5-7-20-15(10-12)6-8-19-11-15/h12-14,16H,2-11H2,1H3. The number of hydrogen-bond acceptors (Lipinski definition) is 5. The Hall–Kier alpha value is -0.170. The van der Waals surface area contributed by atoms with Crippen LogP contribution in [0.1, 0.15) is 38.5 Å². The van der Waals surface area contributed by atoms with Gasteiger partial charge in [-0.25, -0.2) is 8.42 Å². The molecule has 0 bridgehead atoms. The lowest BCUT2D eigenvalue weighted by Crippen LogP contribution is -2.54. The quantitative estimate of drug-likeness (QED) is 0.845. The van der Waals surface area contributed by atoms with Gasteiger partial charge in [0.25, 0.3) is 0 Å². The highest BCUT2D eigenvalue weighted by Gasteiger charge is 2.46. The molecule has 0 aromatic rings. The van der Waals surface area contributed by atoms with Gasteiger partial charge in [0.15, 0.2) is 9.84 Å². The van der Waals surface area contributed by atoms with Gasteiger partial charge >= 0.3 is 0 Å². The minimum Gasteiger partial charge on any atom is -0.378 e. The third-order valence-corrected chi connectivity index (χ3v) is 7.78. The second kappa shape index (κ2) is 6.14. The fraction of sp³-hybridized carbons (Fsp3) is 1.00. The number of ether oxygens (including phenoxy) is 2. The molecule has 3 rings (SSSR count). The molecule has 0 aromatic carbocycles. The van der Waals surface area contributed by atoms with E-state index in [0.717, 1.165) is 51.7 Å². The number of nitrogens with one attached hydrogen (secondary N) is 1. The van der Waals surface area contributed by atoms with Crippen molar-refractivity contribution in [3.63, 3.8) is 0 Å².